The third kappa shape index (κ3) is 12.9. The number of nitrogens with zero attached hydrogens (tertiary/aromatic N) is 1. The summed E-state index contributed by atoms with van der Waals surface area (Å²) in [5.41, 5.74) is 3.38. The van der Waals surface area contributed by atoms with E-state index in [1.54, 1.807) is 19.9 Å². The molecule has 0 heterocycles. The smallest absolute Gasteiger partial charge is 0.341 e. The number of aliphatic hydroxyl groups is 1. The third-order valence-corrected chi connectivity index (χ3v) is 4.87. The van der Waals surface area contributed by atoms with Crippen LogP contribution in [0, 0.1) is 5.92 Å². The van der Waals surface area contributed by atoms with Crippen molar-refractivity contribution >= 4 is 12.2 Å². The summed E-state index contributed by atoms with van der Waals surface area (Å²) in [4.78, 5) is 15.5. The van der Waals surface area contributed by atoms with Crippen molar-refractivity contribution in [3.8, 4) is 0 Å². The summed E-state index contributed by atoms with van der Waals surface area (Å²) in [6.45, 7) is 23.9. The fourth-order valence-electron chi connectivity index (χ4n) is 2.85. The van der Waals surface area contributed by atoms with Gasteiger partial charge in [0.15, 0.2) is 0 Å². The van der Waals surface area contributed by atoms with Crippen LogP contribution in [0.2, 0.25) is 0 Å². The van der Waals surface area contributed by atoms with E-state index in [0.717, 1.165) is 36.0 Å². The van der Waals surface area contributed by atoms with Crippen molar-refractivity contribution in [2.45, 2.75) is 81.1 Å². The molecule has 0 unspecified atom stereocenters. The maximum atomic E-state index is 14.0. The van der Waals surface area contributed by atoms with Gasteiger partial charge in [-0.2, -0.15) is 0 Å². The van der Waals surface area contributed by atoms with Crippen LogP contribution in [0.15, 0.2) is 87.5 Å². The van der Waals surface area contributed by atoms with Gasteiger partial charge in [0.05, 0.1) is 0 Å². The van der Waals surface area contributed by atoms with E-state index in [9.17, 15) is 19.4 Å². The molecule has 0 saturated heterocycles. The van der Waals surface area contributed by atoms with Crippen LogP contribution in [-0.2, 0) is 4.79 Å². The number of rotatable bonds is 11. The normalized spacial score (nSPS) is 15.7. The van der Waals surface area contributed by atoms with Crippen LogP contribution >= 0.6 is 0 Å². The molecule has 0 aliphatic heterocycles. The molecule has 0 amide bonds. The van der Waals surface area contributed by atoms with Gasteiger partial charge in [0.2, 0.25) is 0 Å². The summed E-state index contributed by atoms with van der Waals surface area (Å²) in [7, 11) is 0. The quantitative estimate of drug-likeness (QED) is 0.132. The Morgan fingerprint density at radius 2 is 1.66 bits per heavy atom. The van der Waals surface area contributed by atoms with E-state index in [-0.39, 0.29) is 17.2 Å². The second-order valence-electron chi connectivity index (χ2n) is 7.95. The first kappa shape index (κ1) is 34.2. The Morgan fingerprint density at radius 1 is 1.11 bits per heavy atom. The van der Waals surface area contributed by atoms with Crippen LogP contribution in [0.3, 0.4) is 0 Å². The van der Waals surface area contributed by atoms with Crippen LogP contribution in [0.5, 0.6) is 0 Å². The lowest BCUT2D eigenvalue weighted by molar-refractivity contribution is -0.132. The van der Waals surface area contributed by atoms with Gasteiger partial charge < -0.3 is 10.2 Å². The average Bonchev–Trinajstić information content (AvgIpc) is 3.68. The summed E-state index contributed by atoms with van der Waals surface area (Å²) < 4.78 is 14.0. The molecule has 0 atom stereocenters. The van der Waals surface area contributed by atoms with Gasteiger partial charge in [-0.25, -0.2) is 9.18 Å². The number of carbonyl (C=O) groups is 1. The Morgan fingerprint density at radius 3 is 2.06 bits per heavy atom. The predicted octanol–water partition coefficient (Wildman–Crippen LogP) is 9.02. The molecule has 2 N–H and O–H groups in total. The number of aliphatic imine (C=N–C) groups is 1. The molecular formula is C30H46FNO3. The molecule has 0 radical (unpaired) electrons. The Hall–Kier alpha value is -2.95. The number of allylic oxidation sites excluding steroid dienone is 10. The molecule has 1 aliphatic carbocycles. The van der Waals surface area contributed by atoms with E-state index in [0.29, 0.717) is 23.6 Å². The van der Waals surface area contributed by atoms with E-state index in [2.05, 4.69) is 32.0 Å². The lowest BCUT2D eigenvalue weighted by atomic mass is 9.88. The molecule has 35 heavy (non-hydrogen) atoms. The largest absolute Gasteiger partial charge is 0.507 e. The molecule has 0 aromatic heterocycles. The van der Waals surface area contributed by atoms with Crippen molar-refractivity contribution in [3.63, 3.8) is 0 Å². The van der Waals surface area contributed by atoms with Gasteiger partial charge in [0.25, 0.3) is 0 Å². The molecule has 196 valence electrons. The maximum Gasteiger partial charge on any atom is 0.341 e. The molecule has 4 nitrogen and oxygen atoms in total. The lowest BCUT2D eigenvalue weighted by Crippen LogP contribution is -2.06. The van der Waals surface area contributed by atoms with Crippen molar-refractivity contribution in [3.05, 3.63) is 82.5 Å². The van der Waals surface area contributed by atoms with Gasteiger partial charge in [-0.05, 0) is 86.0 Å². The highest BCUT2D eigenvalue weighted by molar-refractivity contribution is 6.09. The minimum atomic E-state index is -1.26. The van der Waals surface area contributed by atoms with E-state index < -0.39 is 5.97 Å². The van der Waals surface area contributed by atoms with E-state index >= 15 is 0 Å². The number of carboxylic acid groups (broad SMARTS) is 1. The highest BCUT2D eigenvalue weighted by atomic mass is 19.1. The minimum absolute atomic E-state index is 0.280. The molecule has 1 saturated carbocycles. The van der Waals surface area contributed by atoms with Crippen LogP contribution in [0.25, 0.3) is 0 Å². The zero-order chi connectivity index (χ0) is 27.6. The van der Waals surface area contributed by atoms with Crippen LogP contribution in [0.1, 0.15) is 81.1 Å². The van der Waals surface area contributed by atoms with Crippen molar-refractivity contribution in [1.29, 1.82) is 0 Å². The summed E-state index contributed by atoms with van der Waals surface area (Å²) in [5, 5.41) is 19.8. The van der Waals surface area contributed by atoms with E-state index in [1.165, 1.54) is 30.9 Å². The first-order valence-corrected chi connectivity index (χ1v) is 12.5. The van der Waals surface area contributed by atoms with Gasteiger partial charge in [-0.15, -0.1) is 0 Å². The van der Waals surface area contributed by atoms with Crippen LogP contribution in [-0.4, -0.2) is 28.9 Å². The number of carboxylic acids is 1. The third-order valence-electron chi connectivity index (χ3n) is 4.87. The first-order valence-electron chi connectivity index (χ1n) is 12.5. The number of aliphatic carboxylic acids is 1. The van der Waals surface area contributed by atoms with Crippen molar-refractivity contribution < 1.29 is 19.4 Å². The summed E-state index contributed by atoms with van der Waals surface area (Å²) >= 11 is 0. The molecule has 0 aromatic carbocycles. The highest BCUT2D eigenvalue weighted by Gasteiger charge is 2.28. The summed E-state index contributed by atoms with van der Waals surface area (Å²) in [5.74, 6) is -1.70. The molecule has 1 aliphatic rings. The number of aliphatic hydroxyl groups excluding tert-OH is 1. The van der Waals surface area contributed by atoms with Gasteiger partial charge >= 0.3 is 5.97 Å². The maximum absolute atomic E-state index is 14.0. The van der Waals surface area contributed by atoms with E-state index in [4.69, 9.17) is 0 Å². The van der Waals surface area contributed by atoms with Crippen molar-refractivity contribution in [2.24, 2.45) is 10.9 Å². The van der Waals surface area contributed by atoms with Gasteiger partial charge in [0, 0.05) is 12.8 Å². The summed E-state index contributed by atoms with van der Waals surface area (Å²) in [6, 6.07) is 0. The standard InChI is InChI=1S/C25H32FNO3.C3H8.C2H6/c1-7-12-27-15-22(25(29)30)23(28)13-16(4)17(5)24(18(6)20-10-11-20)19(8-2)14-21(26)9-3;1-3-2;1-2/h8-9,13-15,20,28H,2,6-7,10-12H2,1,3-5H3,(H,29,30);3H2,1-2H3;1-2H3/b16-13+,19-14+,21-9+,23-22-,24-17-,27-15?;;. The first-order chi connectivity index (χ1) is 16.6. The molecule has 5 heteroatoms. The van der Waals surface area contributed by atoms with Crippen LogP contribution < -0.4 is 0 Å². The molecule has 0 bridgehead atoms. The van der Waals surface area contributed by atoms with Crippen molar-refractivity contribution in [2.75, 3.05) is 6.54 Å². The zero-order valence-corrected chi connectivity index (χ0v) is 23.0. The predicted molar refractivity (Wildman–Crippen MR) is 150 cm³/mol. The Bertz CT molecular complexity index is 895. The summed E-state index contributed by atoms with van der Waals surface area (Å²) in [6.07, 6.45) is 11.0. The fraction of sp³-hybridized carbons (Fsp3) is 0.467. The number of hydrogen-bond donors (Lipinski definition) is 2. The molecule has 1 fully saturated rings. The average molecular weight is 488 g/mol. The Kier molecular flexibility index (Phi) is 18.9. The van der Waals surface area contributed by atoms with Crippen molar-refractivity contribution in [1.82, 2.24) is 0 Å². The molecule has 1 rings (SSSR count). The second kappa shape index (κ2) is 19.4. The number of hydrogen-bond acceptors (Lipinski definition) is 3. The van der Waals surface area contributed by atoms with Gasteiger partial charge in [-0.3, -0.25) is 4.99 Å². The van der Waals surface area contributed by atoms with Gasteiger partial charge in [-0.1, -0.05) is 66.3 Å². The Labute approximate surface area is 212 Å². The van der Waals surface area contributed by atoms with Crippen LogP contribution in [0.4, 0.5) is 4.39 Å². The van der Waals surface area contributed by atoms with E-state index in [1.807, 2.05) is 27.7 Å². The molecule has 0 aromatic rings. The monoisotopic (exact) mass is 487 g/mol. The lowest BCUT2D eigenvalue weighted by Gasteiger charge is -2.17. The zero-order valence-electron chi connectivity index (χ0n) is 23.0. The minimum Gasteiger partial charge on any atom is -0.507 e. The topological polar surface area (TPSA) is 69.9 Å². The van der Waals surface area contributed by atoms with Gasteiger partial charge in [0.1, 0.15) is 17.2 Å². The fourth-order valence-corrected chi connectivity index (χ4v) is 2.85. The molecular weight excluding hydrogens is 441 g/mol. The number of halogens is 1. The highest BCUT2D eigenvalue weighted by Crippen LogP contribution is 2.43. The second-order valence-corrected chi connectivity index (χ2v) is 7.95. The molecule has 0 spiro atoms. The Balaban J connectivity index is 0. The SMILES string of the molecule is C=CC(=C\C(F)=C/C)/C(C(=C)C1CC1)=C(C)\C(C)=C\C(O)=C(/C=NCCC)C(=O)O.CC.CCC.